The topological polar surface area (TPSA) is 59.8 Å². The van der Waals surface area contributed by atoms with Crippen LogP contribution in [0, 0.1) is 0 Å². The fraction of sp³-hybridized carbons (Fsp3) is 0.304. The first-order valence-electron chi connectivity index (χ1n) is 10.4. The molecular formula is C23H21F3N4O3. The lowest BCUT2D eigenvalue weighted by atomic mass is 10.1. The van der Waals surface area contributed by atoms with Gasteiger partial charge in [0.2, 0.25) is 6.79 Å². The molecule has 2 aromatic carbocycles. The van der Waals surface area contributed by atoms with Crippen molar-refractivity contribution in [2.75, 3.05) is 37.2 Å². The molecule has 172 valence electrons. The molecule has 0 N–H and O–H groups in total. The number of hydrogen-bond acceptors (Lipinski definition) is 5. The van der Waals surface area contributed by atoms with Gasteiger partial charge in [-0.05, 0) is 43.2 Å². The molecule has 0 unspecified atom stereocenters. The summed E-state index contributed by atoms with van der Waals surface area (Å²) in [6, 6.07) is 11.7. The number of ether oxygens (including phenoxy) is 2. The fourth-order valence-electron chi connectivity index (χ4n) is 4.25. The molecule has 10 heteroatoms. The van der Waals surface area contributed by atoms with E-state index in [1.807, 2.05) is 0 Å². The van der Waals surface area contributed by atoms with Crippen LogP contribution in [-0.4, -0.2) is 43.1 Å². The Morgan fingerprint density at radius 3 is 2.70 bits per heavy atom. The summed E-state index contributed by atoms with van der Waals surface area (Å²) < 4.78 is 53.1. The maximum atomic E-state index is 13.7. The third-order valence-corrected chi connectivity index (χ3v) is 5.90. The first-order chi connectivity index (χ1) is 15.7. The summed E-state index contributed by atoms with van der Waals surface area (Å²) in [5.41, 5.74) is 1.02. The number of carbonyl (C=O) groups is 1. The van der Waals surface area contributed by atoms with Gasteiger partial charge >= 0.3 is 6.18 Å². The van der Waals surface area contributed by atoms with E-state index in [1.165, 1.54) is 9.58 Å². The molecule has 0 aliphatic carbocycles. The maximum absolute atomic E-state index is 13.7. The molecule has 0 bridgehead atoms. The number of carbonyl (C=O) groups excluding carboxylic acids is 1. The minimum Gasteiger partial charge on any atom is -0.454 e. The summed E-state index contributed by atoms with van der Waals surface area (Å²) in [6.07, 6.45) is -3.38. The summed E-state index contributed by atoms with van der Waals surface area (Å²) in [6.45, 7) is 0.655. The highest BCUT2D eigenvalue weighted by Gasteiger charge is 2.41. The van der Waals surface area contributed by atoms with Crippen LogP contribution in [0.25, 0.3) is 5.69 Å². The van der Waals surface area contributed by atoms with Crippen molar-refractivity contribution in [3.05, 3.63) is 59.4 Å². The summed E-state index contributed by atoms with van der Waals surface area (Å²) in [5, 5.41) is 3.92. The average Bonchev–Trinajstić information content (AvgIpc) is 3.43. The number of alkyl halides is 3. The van der Waals surface area contributed by atoms with Crippen molar-refractivity contribution in [2.45, 2.75) is 19.0 Å². The van der Waals surface area contributed by atoms with Gasteiger partial charge in [-0.25, -0.2) is 4.68 Å². The Balaban J connectivity index is 1.51. The Hall–Kier alpha value is -3.69. The van der Waals surface area contributed by atoms with Crippen LogP contribution in [0.4, 0.5) is 24.5 Å². The summed E-state index contributed by atoms with van der Waals surface area (Å²) in [7, 11) is 3.26. The predicted octanol–water partition coefficient (Wildman–Crippen LogP) is 4.28. The number of hydrogen-bond donors (Lipinski definition) is 0. The van der Waals surface area contributed by atoms with Gasteiger partial charge < -0.3 is 19.3 Å². The van der Waals surface area contributed by atoms with Crippen molar-refractivity contribution in [3.8, 4) is 17.2 Å². The Bertz CT molecular complexity index is 1240. The van der Waals surface area contributed by atoms with E-state index in [1.54, 1.807) is 61.5 Å². The molecule has 7 nitrogen and oxygen atoms in total. The van der Waals surface area contributed by atoms with Crippen molar-refractivity contribution >= 4 is 17.3 Å². The maximum Gasteiger partial charge on any atom is 0.437 e. The molecule has 5 rings (SSSR count). The van der Waals surface area contributed by atoms with Gasteiger partial charge in [0, 0.05) is 38.0 Å². The number of aromatic nitrogens is 2. The first kappa shape index (κ1) is 21.2. The summed E-state index contributed by atoms with van der Waals surface area (Å²) in [5.74, 6) is 0.841. The Morgan fingerprint density at radius 2 is 1.91 bits per heavy atom. The Kier molecular flexibility index (Phi) is 4.95. The lowest BCUT2D eigenvalue weighted by Crippen LogP contribution is -2.27. The highest BCUT2D eigenvalue weighted by atomic mass is 19.4. The van der Waals surface area contributed by atoms with Gasteiger partial charge in [0.1, 0.15) is 0 Å². The molecular weight excluding hydrogens is 437 g/mol. The monoisotopic (exact) mass is 458 g/mol. The molecule has 0 saturated heterocycles. The van der Waals surface area contributed by atoms with Crippen molar-refractivity contribution < 1.29 is 27.4 Å². The zero-order valence-electron chi connectivity index (χ0n) is 18.0. The highest BCUT2D eigenvalue weighted by Crippen LogP contribution is 2.41. The molecule has 33 heavy (non-hydrogen) atoms. The lowest BCUT2D eigenvalue weighted by Gasteiger charge is -2.26. The molecule has 2 aliphatic rings. The second-order valence-corrected chi connectivity index (χ2v) is 8.03. The third-order valence-electron chi connectivity index (χ3n) is 5.90. The molecule has 0 atom stereocenters. The molecule has 0 radical (unpaired) electrons. The van der Waals surface area contributed by atoms with Gasteiger partial charge in [0.25, 0.3) is 5.91 Å². The minimum absolute atomic E-state index is 0.1000. The van der Waals surface area contributed by atoms with Crippen LogP contribution in [0.2, 0.25) is 0 Å². The van der Waals surface area contributed by atoms with Gasteiger partial charge in [0.15, 0.2) is 17.2 Å². The van der Waals surface area contributed by atoms with Crippen LogP contribution in [0.5, 0.6) is 11.5 Å². The number of amides is 1. The van der Waals surface area contributed by atoms with Gasteiger partial charge in [-0.15, -0.1) is 0 Å². The van der Waals surface area contributed by atoms with Gasteiger partial charge in [-0.3, -0.25) is 4.79 Å². The number of fused-ring (bicyclic) bond motifs is 2. The van der Waals surface area contributed by atoms with Crippen LogP contribution in [0.1, 0.15) is 28.2 Å². The van der Waals surface area contributed by atoms with Crippen LogP contribution < -0.4 is 19.3 Å². The largest absolute Gasteiger partial charge is 0.454 e. The molecule has 0 spiro atoms. The normalized spacial score (nSPS) is 14.9. The highest BCUT2D eigenvalue weighted by molar-refractivity contribution is 6.06. The third kappa shape index (κ3) is 3.65. The first-order valence-corrected chi connectivity index (χ1v) is 10.4. The van der Waals surface area contributed by atoms with Crippen LogP contribution in [0.3, 0.4) is 0 Å². The molecule has 1 aromatic heterocycles. The van der Waals surface area contributed by atoms with Crippen molar-refractivity contribution in [2.24, 2.45) is 0 Å². The van der Waals surface area contributed by atoms with Gasteiger partial charge in [-0.1, -0.05) is 6.07 Å². The second kappa shape index (κ2) is 7.72. The quantitative estimate of drug-likeness (QED) is 0.587. The smallest absolute Gasteiger partial charge is 0.437 e. The molecule has 0 saturated carbocycles. The van der Waals surface area contributed by atoms with E-state index >= 15 is 0 Å². The number of anilines is 2. The number of nitrogens with zero attached hydrogens (tertiary/aromatic N) is 4. The molecule has 2 aliphatic heterocycles. The summed E-state index contributed by atoms with van der Waals surface area (Å²) >= 11 is 0. The van der Waals surface area contributed by atoms with Crippen LogP contribution in [0.15, 0.2) is 42.5 Å². The lowest BCUT2D eigenvalue weighted by molar-refractivity contribution is -0.140. The zero-order chi connectivity index (χ0) is 23.3. The van der Waals surface area contributed by atoms with E-state index in [9.17, 15) is 18.0 Å². The average molecular weight is 458 g/mol. The van der Waals surface area contributed by atoms with Gasteiger partial charge in [-0.2, -0.15) is 18.3 Å². The Labute approximate surface area is 187 Å². The van der Waals surface area contributed by atoms with Crippen LogP contribution in [-0.2, 0) is 12.6 Å². The van der Waals surface area contributed by atoms with Gasteiger partial charge in [0.05, 0.1) is 17.1 Å². The van der Waals surface area contributed by atoms with E-state index in [0.717, 1.165) is 6.42 Å². The van der Waals surface area contributed by atoms with E-state index in [4.69, 9.17) is 9.47 Å². The molecule has 1 amide bonds. The zero-order valence-corrected chi connectivity index (χ0v) is 18.0. The van der Waals surface area contributed by atoms with Crippen molar-refractivity contribution in [1.29, 1.82) is 0 Å². The minimum atomic E-state index is -4.58. The number of benzene rings is 2. The summed E-state index contributed by atoms with van der Waals surface area (Å²) in [4.78, 5) is 16.2. The SMILES string of the molecule is CN1CCCc2c1c(C(F)(F)F)nn2-c1cccc(C(=O)N(C)c2ccc3c(c2)OCO3)c1. The van der Waals surface area contributed by atoms with E-state index < -0.39 is 11.9 Å². The van der Waals surface area contributed by atoms with Crippen molar-refractivity contribution in [3.63, 3.8) is 0 Å². The van der Waals surface area contributed by atoms with E-state index in [2.05, 4.69) is 5.10 Å². The van der Waals surface area contributed by atoms with Crippen LogP contribution >= 0.6 is 0 Å². The molecule has 3 heterocycles. The fourth-order valence-corrected chi connectivity index (χ4v) is 4.25. The predicted molar refractivity (Wildman–Crippen MR) is 115 cm³/mol. The molecule has 3 aromatic rings. The second-order valence-electron chi connectivity index (χ2n) is 8.03. The van der Waals surface area contributed by atoms with Crippen molar-refractivity contribution in [1.82, 2.24) is 9.78 Å². The Morgan fingerprint density at radius 1 is 1.12 bits per heavy atom. The standard InChI is InChI=1S/C23H21F3N4O3/c1-28-10-4-7-17-20(28)21(23(24,25)26)27-30(17)16-6-3-5-14(11-16)22(31)29(2)15-8-9-18-19(12-15)33-13-32-18/h3,5-6,8-9,11-12H,4,7,10,13H2,1-2H3. The van der Waals surface area contributed by atoms with E-state index in [-0.39, 0.29) is 18.4 Å². The molecule has 0 fully saturated rings. The number of rotatable bonds is 3. The van der Waals surface area contributed by atoms with E-state index in [0.29, 0.717) is 47.1 Å². The number of halogens is 3.